The molecule has 2 heterocycles. The molecule has 0 amide bonds. The average Bonchev–Trinajstić information content (AvgIpc) is 2.87. The van der Waals surface area contributed by atoms with Gasteiger partial charge in [-0.25, -0.2) is 0 Å². The first-order valence-electron chi connectivity index (χ1n) is 6.67. The van der Waals surface area contributed by atoms with Crippen LogP contribution in [0.15, 0.2) is 36.7 Å². The molecular formula is C15H19N3S. The molecule has 2 aromatic rings. The Morgan fingerprint density at radius 1 is 1.42 bits per heavy atom. The molecule has 100 valence electrons. The second kappa shape index (κ2) is 5.12. The van der Waals surface area contributed by atoms with E-state index in [-0.39, 0.29) is 10.8 Å². The number of nitrogens with one attached hydrogen (secondary N) is 1. The van der Waals surface area contributed by atoms with Crippen LogP contribution in [0, 0.1) is 0 Å². The summed E-state index contributed by atoms with van der Waals surface area (Å²) in [7, 11) is 0. The molecular weight excluding hydrogens is 254 g/mol. The number of rotatable bonds is 3. The lowest BCUT2D eigenvalue weighted by molar-refractivity contribution is 0.423. The van der Waals surface area contributed by atoms with Crippen molar-refractivity contribution in [3.05, 3.63) is 42.2 Å². The number of thioether (sulfide) groups is 1. The fourth-order valence-electron chi connectivity index (χ4n) is 3.02. The zero-order valence-electron chi connectivity index (χ0n) is 11.1. The molecule has 2 atom stereocenters. The minimum Gasteiger partial charge on any atom is -0.271 e. The van der Waals surface area contributed by atoms with Crippen LogP contribution in [0.5, 0.6) is 0 Å². The van der Waals surface area contributed by atoms with Gasteiger partial charge in [0.05, 0.1) is 6.04 Å². The largest absolute Gasteiger partial charge is 0.271 e. The molecule has 0 radical (unpaired) electrons. The van der Waals surface area contributed by atoms with Gasteiger partial charge in [-0.2, -0.15) is 11.8 Å². The van der Waals surface area contributed by atoms with E-state index < -0.39 is 0 Å². The first-order valence-corrected chi connectivity index (χ1v) is 7.66. The zero-order chi connectivity index (χ0) is 13.3. The summed E-state index contributed by atoms with van der Waals surface area (Å²) in [6.45, 7) is 2.31. The Hall–Kier alpha value is -1.10. The third-order valence-corrected chi connectivity index (χ3v) is 5.64. The molecule has 1 fully saturated rings. The zero-order valence-corrected chi connectivity index (χ0v) is 11.9. The van der Waals surface area contributed by atoms with E-state index in [0.717, 1.165) is 0 Å². The number of hydrogen-bond acceptors (Lipinski definition) is 4. The van der Waals surface area contributed by atoms with Gasteiger partial charge in [0.25, 0.3) is 0 Å². The summed E-state index contributed by atoms with van der Waals surface area (Å²) in [5, 5.41) is 2.42. The van der Waals surface area contributed by atoms with Gasteiger partial charge in [-0.1, -0.05) is 18.2 Å². The second-order valence-corrected chi connectivity index (χ2v) is 6.94. The molecule has 2 unspecified atom stereocenters. The van der Waals surface area contributed by atoms with E-state index in [1.54, 1.807) is 0 Å². The van der Waals surface area contributed by atoms with Crippen molar-refractivity contribution in [1.82, 2.24) is 10.4 Å². The first kappa shape index (κ1) is 12.9. The number of benzene rings is 1. The monoisotopic (exact) mass is 273 g/mol. The maximum Gasteiger partial charge on any atom is 0.0610 e. The molecule has 4 heteroatoms. The maximum atomic E-state index is 5.88. The SMILES string of the molecule is CC1(C(NN)c2cccc3cnccc23)CCCS1. The first-order chi connectivity index (χ1) is 9.24. The highest BCUT2D eigenvalue weighted by molar-refractivity contribution is 8.00. The lowest BCUT2D eigenvalue weighted by atomic mass is 9.88. The Labute approximate surface area is 117 Å². The van der Waals surface area contributed by atoms with Crippen molar-refractivity contribution < 1.29 is 0 Å². The minimum absolute atomic E-state index is 0.172. The highest BCUT2D eigenvalue weighted by Crippen LogP contribution is 2.47. The molecule has 0 saturated carbocycles. The molecule has 0 aliphatic carbocycles. The van der Waals surface area contributed by atoms with Crippen molar-refractivity contribution in [1.29, 1.82) is 0 Å². The molecule has 1 aromatic carbocycles. The van der Waals surface area contributed by atoms with Crippen LogP contribution in [0.2, 0.25) is 0 Å². The van der Waals surface area contributed by atoms with Gasteiger partial charge in [0.15, 0.2) is 0 Å². The molecule has 0 bridgehead atoms. The minimum atomic E-state index is 0.172. The van der Waals surface area contributed by atoms with Crippen molar-refractivity contribution in [2.24, 2.45) is 5.84 Å². The highest BCUT2D eigenvalue weighted by atomic mass is 32.2. The molecule has 19 heavy (non-hydrogen) atoms. The lowest BCUT2D eigenvalue weighted by Crippen LogP contribution is -2.41. The topological polar surface area (TPSA) is 50.9 Å². The predicted octanol–water partition coefficient (Wildman–Crippen LogP) is 3.02. The standard InChI is InChI=1S/C15H19N3S/c1-15(7-3-9-19-15)14(18-16)13-5-2-4-11-10-17-8-6-12(11)13/h2,4-6,8,10,14,18H,3,7,9,16H2,1H3. The van der Waals surface area contributed by atoms with Gasteiger partial charge < -0.3 is 0 Å². The Morgan fingerprint density at radius 3 is 3.05 bits per heavy atom. The Kier molecular flexibility index (Phi) is 3.48. The van der Waals surface area contributed by atoms with Gasteiger partial charge in [0.1, 0.15) is 0 Å². The molecule has 3 nitrogen and oxygen atoms in total. The van der Waals surface area contributed by atoms with E-state index in [1.165, 1.54) is 34.9 Å². The summed E-state index contributed by atoms with van der Waals surface area (Å²) in [5.41, 5.74) is 4.33. The summed E-state index contributed by atoms with van der Waals surface area (Å²) < 4.78 is 0.173. The van der Waals surface area contributed by atoms with E-state index in [2.05, 4.69) is 41.6 Å². The molecule has 1 aliphatic rings. The van der Waals surface area contributed by atoms with Crippen molar-refractivity contribution in [2.75, 3.05) is 5.75 Å². The van der Waals surface area contributed by atoms with Crippen LogP contribution >= 0.6 is 11.8 Å². The van der Waals surface area contributed by atoms with Gasteiger partial charge in [0.2, 0.25) is 0 Å². The number of nitrogens with zero attached hydrogens (tertiary/aromatic N) is 1. The molecule has 1 saturated heterocycles. The molecule has 1 aliphatic heterocycles. The number of hydrogen-bond donors (Lipinski definition) is 2. The fourth-order valence-corrected chi connectivity index (χ4v) is 4.43. The summed E-state index contributed by atoms with van der Waals surface area (Å²) in [4.78, 5) is 4.20. The van der Waals surface area contributed by atoms with Gasteiger partial charge >= 0.3 is 0 Å². The van der Waals surface area contributed by atoms with Crippen LogP contribution in [0.3, 0.4) is 0 Å². The van der Waals surface area contributed by atoms with Crippen molar-refractivity contribution in [2.45, 2.75) is 30.6 Å². The number of pyridine rings is 1. The lowest BCUT2D eigenvalue weighted by Gasteiger charge is -2.33. The van der Waals surface area contributed by atoms with Gasteiger partial charge in [-0.05, 0) is 42.5 Å². The predicted molar refractivity (Wildman–Crippen MR) is 81.9 cm³/mol. The molecule has 3 rings (SSSR count). The summed E-state index contributed by atoms with van der Waals surface area (Å²) in [6, 6.07) is 8.62. The quantitative estimate of drug-likeness (QED) is 0.666. The van der Waals surface area contributed by atoms with E-state index in [4.69, 9.17) is 5.84 Å². The Bertz CT molecular complexity index is 573. The van der Waals surface area contributed by atoms with Crippen LogP contribution in [0.4, 0.5) is 0 Å². The summed E-state index contributed by atoms with van der Waals surface area (Å²) >= 11 is 2.02. The van der Waals surface area contributed by atoms with E-state index in [0.29, 0.717) is 0 Å². The van der Waals surface area contributed by atoms with Crippen LogP contribution < -0.4 is 11.3 Å². The van der Waals surface area contributed by atoms with Crippen LogP contribution in [0.1, 0.15) is 31.4 Å². The van der Waals surface area contributed by atoms with Gasteiger partial charge in [-0.3, -0.25) is 16.3 Å². The number of fused-ring (bicyclic) bond motifs is 1. The summed E-state index contributed by atoms with van der Waals surface area (Å²) in [5.74, 6) is 7.11. The van der Waals surface area contributed by atoms with E-state index >= 15 is 0 Å². The fraction of sp³-hybridized carbons (Fsp3) is 0.400. The van der Waals surface area contributed by atoms with Crippen molar-refractivity contribution in [3.8, 4) is 0 Å². The third kappa shape index (κ3) is 2.24. The van der Waals surface area contributed by atoms with Crippen LogP contribution in [0.25, 0.3) is 10.8 Å². The van der Waals surface area contributed by atoms with Crippen LogP contribution in [-0.4, -0.2) is 15.5 Å². The summed E-state index contributed by atoms with van der Waals surface area (Å²) in [6.07, 6.45) is 6.24. The number of hydrazine groups is 1. The highest BCUT2D eigenvalue weighted by Gasteiger charge is 2.38. The Morgan fingerprint density at radius 2 is 2.32 bits per heavy atom. The normalized spacial score (nSPS) is 24.7. The number of aromatic nitrogens is 1. The molecule has 1 aromatic heterocycles. The smallest absolute Gasteiger partial charge is 0.0610 e. The van der Waals surface area contributed by atoms with Crippen molar-refractivity contribution >= 4 is 22.5 Å². The maximum absolute atomic E-state index is 5.88. The molecule has 3 N–H and O–H groups in total. The second-order valence-electron chi connectivity index (χ2n) is 5.31. The van der Waals surface area contributed by atoms with E-state index in [1.807, 2.05) is 24.2 Å². The van der Waals surface area contributed by atoms with Gasteiger partial charge in [-0.15, -0.1) is 0 Å². The third-order valence-electron chi connectivity index (χ3n) is 4.05. The van der Waals surface area contributed by atoms with Gasteiger partial charge in [0, 0.05) is 22.5 Å². The van der Waals surface area contributed by atoms with Crippen molar-refractivity contribution in [3.63, 3.8) is 0 Å². The average molecular weight is 273 g/mol. The number of nitrogens with two attached hydrogens (primary N) is 1. The Balaban J connectivity index is 2.11. The van der Waals surface area contributed by atoms with Crippen LogP contribution in [-0.2, 0) is 0 Å². The molecule has 0 spiro atoms. The van der Waals surface area contributed by atoms with E-state index in [9.17, 15) is 0 Å².